The normalized spacial score (nSPS) is 10.5. The minimum absolute atomic E-state index is 0.126. The Hall–Kier alpha value is -2.82. The van der Waals surface area contributed by atoms with Crippen LogP contribution >= 0.6 is 15.9 Å². The van der Waals surface area contributed by atoms with Gasteiger partial charge in [-0.05, 0) is 29.3 Å². The zero-order chi connectivity index (χ0) is 18.6. The van der Waals surface area contributed by atoms with Crippen LogP contribution in [-0.4, -0.2) is 32.1 Å². The third-order valence-electron chi connectivity index (χ3n) is 3.32. The highest BCUT2D eigenvalue weighted by Gasteiger charge is 2.19. The molecule has 1 aromatic carbocycles. The van der Waals surface area contributed by atoms with E-state index < -0.39 is 27.1 Å². The number of aryl methyl sites for hydroxylation is 2. The van der Waals surface area contributed by atoms with E-state index in [1.807, 2.05) is 13.1 Å². The first-order valence-electron chi connectivity index (χ1n) is 7.19. The predicted molar refractivity (Wildman–Crippen MR) is 91.4 cm³/mol. The standard InChI is InChI=1S/C14H14BrN5O5/c1-9-13(15)8-18(17-9)4-2-3-16-14(21)10-5-11(19(22)23)7-12(6-10)20(24)25/h5-8H,2-4H2,1H3,(H,16,21). The van der Waals surface area contributed by atoms with Crippen LogP contribution in [0.3, 0.4) is 0 Å². The van der Waals surface area contributed by atoms with Crippen LogP contribution in [0.15, 0.2) is 28.9 Å². The van der Waals surface area contributed by atoms with Crippen molar-refractivity contribution in [2.24, 2.45) is 0 Å². The highest BCUT2D eigenvalue weighted by molar-refractivity contribution is 9.10. The number of rotatable bonds is 7. The number of nitrogens with one attached hydrogen (secondary N) is 1. The quantitative estimate of drug-likeness (QED) is 0.422. The molecule has 0 unspecified atom stereocenters. The van der Waals surface area contributed by atoms with Crippen molar-refractivity contribution in [2.75, 3.05) is 6.54 Å². The molecule has 2 rings (SSSR count). The monoisotopic (exact) mass is 411 g/mol. The molecule has 25 heavy (non-hydrogen) atoms. The Kier molecular flexibility index (Phi) is 5.80. The molecule has 11 heteroatoms. The number of hydrogen-bond acceptors (Lipinski definition) is 6. The average Bonchev–Trinajstić information content (AvgIpc) is 2.88. The molecule has 1 N–H and O–H groups in total. The molecule has 1 aromatic heterocycles. The predicted octanol–water partition coefficient (Wildman–Crippen LogP) is 2.59. The average molecular weight is 412 g/mol. The van der Waals surface area contributed by atoms with Gasteiger partial charge in [-0.3, -0.25) is 29.7 Å². The largest absolute Gasteiger partial charge is 0.352 e. The Bertz CT molecular complexity index is 783. The smallest absolute Gasteiger partial charge is 0.277 e. The maximum Gasteiger partial charge on any atom is 0.277 e. The summed E-state index contributed by atoms with van der Waals surface area (Å²) in [4.78, 5) is 32.2. The van der Waals surface area contributed by atoms with Crippen molar-refractivity contribution in [2.45, 2.75) is 19.9 Å². The summed E-state index contributed by atoms with van der Waals surface area (Å²) in [7, 11) is 0. The number of aromatic nitrogens is 2. The van der Waals surface area contributed by atoms with Gasteiger partial charge in [-0.1, -0.05) is 0 Å². The first kappa shape index (κ1) is 18.5. The van der Waals surface area contributed by atoms with Crippen molar-refractivity contribution in [1.29, 1.82) is 0 Å². The fourth-order valence-corrected chi connectivity index (χ4v) is 2.41. The number of nitrogens with zero attached hydrogens (tertiary/aromatic N) is 4. The lowest BCUT2D eigenvalue weighted by Gasteiger charge is -2.06. The van der Waals surface area contributed by atoms with Crippen LogP contribution in [0.2, 0.25) is 0 Å². The zero-order valence-electron chi connectivity index (χ0n) is 13.1. The molecule has 0 fully saturated rings. The van der Waals surface area contributed by atoms with Gasteiger partial charge >= 0.3 is 0 Å². The van der Waals surface area contributed by atoms with Gasteiger partial charge in [-0.2, -0.15) is 5.10 Å². The van der Waals surface area contributed by atoms with E-state index in [4.69, 9.17) is 0 Å². The van der Waals surface area contributed by atoms with Crippen molar-refractivity contribution in [3.8, 4) is 0 Å². The minimum atomic E-state index is -0.776. The lowest BCUT2D eigenvalue weighted by atomic mass is 10.1. The van der Waals surface area contributed by atoms with Gasteiger partial charge < -0.3 is 5.32 Å². The van der Waals surface area contributed by atoms with Crippen LogP contribution < -0.4 is 5.32 Å². The van der Waals surface area contributed by atoms with Gasteiger partial charge in [0.05, 0.1) is 31.6 Å². The number of carbonyl (C=O) groups excluding carboxylic acids is 1. The summed E-state index contributed by atoms with van der Waals surface area (Å²) in [5.74, 6) is -0.607. The second-order valence-electron chi connectivity index (χ2n) is 5.19. The lowest BCUT2D eigenvalue weighted by molar-refractivity contribution is -0.394. The summed E-state index contributed by atoms with van der Waals surface area (Å²) < 4.78 is 2.62. The number of hydrogen-bond donors (Lipinski definition) is 1. The van der Waals surface area contributed by atoms with E-state index >= 15 is 0 Å². The van der Waals surface area contributed by atoms with Crippen molar-refractivity contribution >= 4 is 33.2 Å². The fraction of sp³-hybridized carbons (Fsp3) is 0.286. The molecule has 0 spiro atoms. The number of carbonyl (C=O) groups is 1. The minimum Gasteiger partial charge on any atom is -0.352 e. The topological polar surface area (TPSA) is 133 Å². The Labute approximate surface area is 150 Å². The number of nitro benzene ring substituents is 2. The van der Waals surface area contributed by atoms with Crippen LogP contribution in [0.25, 0.3) is 0 Å². The molecule has 0 aliphatic rings. The van der Waals surface area contributed by atoms with Gasteiger partial charge in [0.2, 0.25) is 0 Å². The highest BCUT2D eigenvalue weighted by atomic mass is 79.9. The molecule has 0 radical (unpaired) electrons. The van der Waals surface area contributed by atoms with Crippen LogP contribution in [0.4, 0.5) is 11.4 Å². The van der Waals surface area contributed by atoms with Gasteiger partial charge in [0, 0.05) is 31.4 Å². The maximum absolute atomic E-state index is 12.1. The van der Waals surface area contributed by atoms with Gasteiger partial charge in [0.1, 0.15) is 0 Å². The second-order valence-corrected chi connectivity index (χ2v) is 6.04. The third kappa shape index (κ3) is 4.83. The van der Waals surface area contributed by atoms with E-state index in [-0.39, 0.29) is 5.56 Å². The summed E-state index contributed by atoms with van der Waals surface area (Å²) >= 11 is 3.35. The number of halogens is 1. The number of non-ortho nitro benzene ring substituents is 2. The molecule has 1 heterocycles. The second kappa shape index (κ2) is 7.83. The first-order valence-corrected chi connectivity index (χ1v) is 7.99. The van der Waals surface area contributed by atoms with E-state index in [0.717, 1.165) is 28.4 Å². The molecular weight excluding hydrogens is 398 g/mol. The van der Waals surface area contributed by atoms with Crippen LogP contribution in [0.1, 0.15) is 22.5 Å². The fourth-order valence-electron chi connectivity index (χ4n) is 2.09. The summed E-state index contributed by atoms with van der Waals surface area (Å²) in [6, 6.07) is 2.83. The zero-order valence-corrected chi connectivity index (χ0v) is 14.7. The molecule has 0 atom stereocenters. The summed E-state index contributed by atoms with van der Waals surface area (Å²) in [6.07, 6.45) is 2.40. The Balaban J connectivity index is 1.98. The van der Waals surface area contributed by atoms with Crippen molar-refractivity contribution < 1.29 is 14.6 Å². The van der Waals surface area contributed by atoms with E-state index in [1.54, 1.807) is 4.68 Å². The molecule has 0 aliphatic carbocycles. The van der Waals surface area contributed by atoms with Gasteiger partial charge in [-0.25, -0.2) is 0 Å². The maximum atomic E-state index is 12.1. The van der Waals surface area contributed by atoms with Crippen LogP contribution in [-0.2, 0) is 6.54 Å². The van der Waals surface area contributed by atoms with E-state index in [9.17, 15) is 25.0 Å². The van der Waals surface area contributed by atoms with Crippen LogP contribution in [0, 0.1) is 27.2 Å². The first-order chi connectivity index (χ1) is 11.8. The Morgan fingerprint density at radius 3 is 2.32 bits per heavy atom. The Morgan fingerprint density at radius 1 is 1.24 bits per heavy atom. The number of nitro groups is 2. The Morgan fingerprint density at radius 2 is 1.84 bits per heavy atom. The lowest BCUT2D eigenvalue weighted by Crippen LogP contribution is -2.25. The molecule has 0 saturated heterocycles. The molecule has 0 aliphatic heterocycles. The summed E-state index contributed by atoms with van der Waals surface area (Å²) in [5, 5.41) is 28.5. The van der Waals surface area contributed by atoms with E-state index in [0.29, 0.717) is 19.5 Å². The summed E-state index contributed by atoms with van der Waals surface area (Å²) in [6.45, 7) is 2.73. The van der Waals surface area contributed by atoms with Gasteiger partial charge in [0.15, 0.2) is 0 Å². The number of amides is 1. The van der Waals surface area contributed by atoms with E-state index in [1.165, 1.54) is 0 Å². The molecule has 2 aromatic rings. The van der Waals surface area contributed by atoms with Gasteiger partial charge in [-0.15, -0.1) is 0 Å². The molecular formula is C14H14BrN5O5. The van der Waals surface area contributed by atoms with Crippen LogP contribution in [0.5, 0.6) is 0 Å². The molecule has 0 saturated carbocycles. The van der Waals surface area contributed by atoms with Crippen molar-refractivity contribution in [3.05, 3.63) is 60.4 Å². The molecule has 0 bridgehead atoms. The molecule has 10 nitrogen and oxygen atoms in total. The number of benzene rings is 1. The van der Waals surface area contributed by atoms with Crippen molar-refractivity contribution in [3.63, 3.8) is 0 Å². The SMILES string of the molecule is Cc1nn(CCCNC(=O)c2cc([N+](=O)[O-])cc([N+](=O)[O-])c2)cc1Br. The molecule has 132 valence electrons. The van der Waals surface area contributed by atoms with Gasteiger partial charge in [0.25, 0.3) is 17.3 Å². The van der Waals surface area contributed by atoms with Crippen molar-refractivity contribution in [1.82, 2.24) is 15.1 Å². The van der Waals surface area contributed by atoms with E-state index in [2.05, 4.69) is 26.3 Å². The summed E-state index contributed by atoms with van der Waals surface area (Å²) in [5.41, 5.74) is -0.279. The highest BCUT2D eigenvalue weighted by Crippen LogP contribution is 2.22. The third-order valence-corrected chi connectivity index (χ3v) is 4.10. The molecule has 1 amide bonds.